The molecule has 0 spiro atoms. The molecular weight excluding hydrogens is 466 g/mol. The number of nitrogens with zero attached hydrogens (tertiary/aromatic N) is 5. The van der Waals surface area contributed by atoms with Crippen molar-refractivity contribution in [1.82, 2.24) is 25.0 Å². The van der Waals surface area contributed by atoms with Crippen LogP contribution in [0.4, 0.5) is 4.79 Å². The molecule has 2 aromatic heterocycles. The van der Waals surface area contributed by atoms with Crippen molar-refractivity contribution in [3.8, 4) is 17.1 Å². The lowest BCUT2D eigenvalue weighted by Gasteiger charge is -2.28. The Bertz CT molecular complexity index is 1040. The number of carbonyl (C=O) groups excluding carboxylic acids is 1. The summed E-state index contributed by atoms with van der Waals surface area (Å²) in [6, 6.07) is 3.63. The third kappa shape index (κ3) is 7.39. The van der Waals surface area contributed by atoms with E-state index in [1.807, 2.05) is 13.0 Å². The van der Waals surface area contributed by atoms with Crippen molar-refractivity contribution in [2.24, 2.45) is 18.9 Å². The number of aryl methyl sites for hydroxylation is 2. The average Bonchev–Trinajstić information content (AvgIpc) is 3.22. The second-order valence-electron chi connectivity index (χ2n) is 9.61. The molecule has 11 nitrogen and oxygen atoms in total. The molecule has 1 fully saturated rings. The van der Waals surface area contributed by atoms with E-state index < -0.39 is 12.1 Å². The molecule has 198 valence electrons. The predicted octanol–water partition coefficient (Wildman–Crippen LogP) is 4.01. The van der Waals surface area contributed by atoms with Crippen LogP contribution < -0.4 is 4.74 Å². The van der Waals surface area contributed by atoms with Gasteiger partial charge in [-0.3, -0.25) is 4.79 Å². The highest BCUT2D eigenvalue weighted by atomic mass is 16.8. The maximum atomic E-state index is 12.1. The second kappa shape index (κ2) is 12.7. The van der Waals surface area contributed by atoms with Crippen molar-refractivity contribution in [1.29, 1.82) is 0 Å². The molecule has 0 bridgehead atoms. The summed E-state index contributed by atoms with van der Waals surface area (Å²) in [6.45, 7) is 6.72. The van der Waals surface area contributed by atoms with Crippen LogP contribution in [0, 0.1) is 11.8 Å². The Hall–Kier alpha value is -3.21. The van der Waals surface area contributed by atoms with Crippen LogP contribution in [0.1, 0.15) is 64.3 Å². The first-order valence-electron chi connectivity index (χ1n) is 12.5. The molecule has 2 aromatic rings. The fraction of sp³-hybridized carbons (Fsp3) is 0.640. The quantitative estimate of drug-likeness (QED) is 0.355. The number of rotatable bonds is 11. The monoisotopic (exact) mass is 503 g/mol. The summed E-state index contributed by atoms with van der Waals surface area (Å²) in [5.74, 6) is 0.00428. The van der Waals surface area contributed by atoms with E-state index in [9.17, 15) is 14.7 Å². The maximum absolute atomic E-state index is 12.1. The van der Waals surface area contributed by atoms with Crippen LogP contribution in [-0.4, -0.2) is 62.0 Å². The fourth-order valence-corrected chi connectivity index (χ4v) is 4.14. The molecule has 0 aromatic carbocycles. The van der Waals surface area contributed by atoms with E-state index in [2.05, 4.69) is 24.2 Å². The Morgan fingerprint density at radius 2 is 2.06 bits per heavy atom. The number of hydrogen-bond donors (Lipinski definition) is 1. The van der Waals surface area contributed by atoms with E-state index in [1.165, 1.54) is 9.75 Å². The van der Waals surface area contributed by atoms with Gasteiger partial charge in [0.1, 0.15) is 23.7 Å². The molecule has 11 heteroatoms. The molecule has 1 N–H and O–H groups in total. The van der Waals surface area contributed by atoms with Crippen LogP contribution in [0.25, 0.3) is 11.4 Å². The van der Waals surface area contributed by atoms with Crippen molar-refractivity contribution < 1.29 is 29.0 Å². The molecule has 0 radical (unpaired) electrons. The van der Waals surface area contributed by atoms with Gasteiger partial charge < -0.3 is 19.4 Å². The van der Waals surface area contributed by atoms with Gasteiger partial charge >= 0.3 is 12.1 Å². The van der Waals surface area contributed by atoms with Crippen LogP contribution in [0.3, 0.4) is 0 Å². The van der Waals surface area contributed by atoms with E-state index in [0.717, 1.165) is 25.0 Å². The van der Waals surface area contributed by atoms with Gasteiger partial charge in [-0.2, -0.15) is 0 Å². The van der Waals surface area contributed by atoms with Crippen molar-refractivity contribution in [2.75, 3.05) is 13.6 Å². The van der Waals surface area contributed by atoms with Gasteiger partial charge in [0.2, 0.25) is 0 Å². The van der Waals surface area contributed by atoms with E-state index in [1.54, 1.807) is 20.2 Å². The Morgan fingerprint density at radius 3 is 2.75 bits per heavy atom. The van der Waals surface area contributed by atoms with E-state index in [4.69, 9.17) is 19.3 Å². The standard InChI is InChI=1S/C25H37N5O6/c1-6-19-22(35-18-9-7-8-17(14-18)24(31)32)11-10-20(26-19)23-21(30(5)28-27-23)15-34-25(33)36-29(4)13-12-16(2)3/h10-11,16-18H,6-9,12-15H2,1-5H3,(H,31,32)/t17-,18-/m0/s1. The summed E-state index contributed by atoms with van der Waals surface area (Å²) >= 11 is 0. The van der Waals surface area contributed by atoms with Crippen LogP contribution in [0.2, 0.25) is 0 Å². The van der Waals surface area contributed by atoms with Gasteiger partial charge in [0.05, 0.1) is 23.4 Å². The van der Waals surface area contributed by atoms with Gasteiger partial charge in [-0.15, -0.1) is 10.2 Å². The van der Waals surface area contributed by atoms with Crippen LogP contribution in [-0.2, 0) is 34.4 Å². The Morgan fingerprint density at radius 1 is 1.28 bits per heavy atom. The van der Waals surface area contributed by atoms with Crippen molar-refractivity contribution in [3.63, 3.8) is 0 Å². The van der Waals surface area contributed by atoms with Gasteiger partial charge in [0, 0.05) is 20.6 Å². The number of ether oxygens (including phenoxy) is 2. The summed E-state index contributed by atoms with van der Waals surface area (Å²) in [5, 5.41) is 19.1. The topological polar surface area (TPSA) is 129 Å². The summed E-state index contributed by atoms with van der Waals surface area (Å²) in [7, 11) is 3.41. The first kappa shape index (κ1) is 27.4. The molecular formula is C25H37N5O6. The zero-order valence-electron chi connectivity index (χ0n) is 21.8. The molecule has 1 aliphatic carbocycles. The van der Waals surface area contributed by atoms with Crippen molar-refractivity contribution >= 4 is 12.1 Å². The Kier molecular flexibility index (Phi) is 9.63. The molecule has 0 aliphatic heterocycles. The predicted molar refractivity (Wildman–Crippen MR) is 131 cm³/mol. The Labute approximate surface area is 211 Å². The van der Waals surface area contributed by atoms with Gasteiger partial charge in [-0.05, 0) is 56.6 Å². The molecule has 0 unspecified atom stereocenters. The summed E-state index contributed by atoms with van der Waals surface area (Å²) < 4.78 is 13.0. The molecule has 36 heavy (non-hydrogen) atoms. The summed E-state index contributed by atoms with van der Waals surface area (Å²) in [5.41, 5.74) is 2.41. The highest BCUT2D eigenvalue weighted by Crippen LogP contribution is 2.31. The largest absolute Gasteiger partial charge is 0.528 e. The minimum absolute atomic E-state index is 0.0737. The molecule has 1 saturated carbocycles. The third-order valence-electron chi connectivity index (χ3n) is 6.30. The first-order valence-corrected chi connectivity index (χ1v) is 12.5. The third-order valence-corrected chi connectivity index (χ3v) is 6.30. The second-order valence-corrected chi connectivity index (χ2v) is 9.61. The zero-order chi connectivity index (χ0) is 26.2. The van der Waals surface area contributed by atoms with E-state index in [0.29, 0.717) is 54.6 Å². The summed E-state index contributed by atoms with van der Waals surface area (Å²) in [4.78, 5) is 33.5. The number of aliphatic carboxylic acids is 1. The van der Waals surface area contributed by atoms with Crippen LogP contribution >= 0.6 is 0 Å². The zero-order valence-corrected chi connectivity index (χ0v) is 21.8. The number of aromatic nitrogens is 4. The number of hydrogen-bond acceptors (Lipinski definition) is 9. The highest BCUT2D eigenvalue weighted by Gasteiger charge is 2.29. The highest BCUT2D eigenvalue weighted by molar-refractivity contribution is 5.70. The smallest absolute Gasteiger partial charge is 0.488 e. The fourth-order valence-electron chi connectivity index (χ4n) is 4.14. The maximum Gasteiger partial charge on any atom is 0.528 e. The number of pyridine rings is 1. The number of hydroxylamine groups is 2. The van der Waals surface area contributed by atoms with Crippen molar-refractivity contribution in [3.05, 3.63) is 23.5 Å². The molecule has 1 aliphatic rings. The average molecular weight is 504 g/mol. The molecule has 0 saturated heterocycles. The van der Waals surface area contributed by atoms with Gasteiger partial charge in [-0.25, -0.2) is 14.5 Å². The lowest BCUT2D eigenvalue weighted by atomic mass is 9.87. The van der Waals surface area contributed by atoms with Gasteiger partial charge in [-0.1, -0.05) is 26.0 Å². The minimum atomic E-state index is -0.800. The van der Waals surface area contributed by atoms with Gasteiger partial charge in [0.25, 0.3) is 0 Å². The molecule has 2 atom stereocenters. The SMILES string of the molecule is CCc1nc(-c2nnn(C)c2COC(=O)ON(C)CCC(C)C)ccc1O[C@H]1CCC[C@H](C(=O)O)C1. The van der Waals surface area contributed by atoms with Crippen LogP contribution in [0.5, 0.6) is 5.75 Å². The minimum Gasteiger partial charge on any atom is -0.488 e. The lowest BCUT2D eigenvalue weighted by molar-refractivity contribution is -0.143. The van der Waals surface area contributed by atoms with E-state index in [-0.39, 0.29) is 18.6 Å². The number of carboxylic acids is 1. The number of carboxylic acid groups (broad SMARTS) is 1. The number of carbonyl (C=O) groups is 2. The summed E-state index contributed by atoms with van der Waals surface area (Å²) in [6.07, 6.45) is 3.40. The molecule has 2 heterocycles. The van der Waals surface area contributed by atoms with Crippen molar-refractivity contribution in [2.45, 2.75) is 72.0 Å². The normalized spacial score (nSPS) is 17.9. The molecule has 3 rings (SSSR count). The Balaban J connectivity index is 1.67. The van der Waals surface area contributed by atoms with Gasteiger partial charge in [0.15, 0.2) is 0 Å². The first-order chi connectivity index (χ1) is 17.2. The lowest BCUT2D eigenvalue weighted by Crippen LogP contribution is -2.29. The molecule has 0 amide bonds. The van der Waals surface area contributed by atoms with E-state index >= 15 is 0 Å². The van der Waals surface area contributed by atoms with Crippen LogP contribution in [0.15, 0.2) is 12.1 Å².